The molecule has 2 rings (SSSR count). The first kappa shape index (κ1) is 18.7. The number of aliphatic hydroxyl groups excluding tert-OH is 1. The van der Waals surface area contributed by atoms with E-state index < -0.39 is 41.7 Å². The molecule has 0 bridgehead atoms. The van der Waals surface area contributed by atoms with E-state index in [-0.39, 0.29) is 6.54 Å². The lowest BCUT2D eigenvalue weighted by Gasteiger charge is -2.13. The van der Waals surface area contributed by atoms with E-state index in [0.29, 0.717) is 16.2 Å². The number of alkyl halides is 3. The van der Waals surface area contributed by atoms with Crippen molar-refractivity contribution in [3.05, 3.63) is 69.9 Å². The summed E-state index contributed by atoms with van der Waals surface area (Å²) in [7, 11) is 0. The van der Waals surface area contributed by atoms with Crippen molar-refractivity contribution in [3.63, 3.8) is 0 Å². The number of halogens is 4. The number of aliphatic hydroxyl groups is 1. The van der Waals surface area contributed by atoms with Crippen molar-refractivity contribution in [2.45, 2.75) is 18.8 Å². The topological polar surface area (TPSA) is 71.3 Å². The first-order valence-corrected chi connectivity index (χ1v) is 7.15. The third kappa shape index (κ3) is 4.90. The maximum absolute atomic E-state index is 12.8. The molecular weight excluding hydrogens is 344 g/mol. The fourth-order valence-electron chi connectivity index (χ4n) is 2.10. The Morgan fingerprint density at radius 3 is 2.44 bits per heavy atom. The first-order valence-electron chi connectivity index (χ1n) is 7.15. The summed E-state index contributed by atoms with van der Waals surface area (Å²) in [6.45, 7) is -0.864. The molecule has 2 aromatic rings. The van der Waals surface area contributed by atoms with Gasteiger partial charge in [-0.1, -0.05) is 12.1 Å². The number of amides is 1. The molecule has 0 aliphatic rings. The Bertz CT molecular complexity index is 800. The molecule has 0 fully saturated rings. The van der Waals surface area contributed by atoms with Crippen LogP contribution in [-0.2, 0) is 17.5 Å². The van der Waals surface area contributed by atoms with Crippen LogP contribution in [0.25, 0.3) is 0 Å². The van der Waals surface area contributed by atoms with Crippen molar-refractivity contribution < 1.29 is 27.5 Å². The molecular formula is C16H14F4N2O3. The Balaban J connectivity index is 1.99. The number of hydrogen-bond acceptors (Lipinski definition) is 3. The van der Waals surface area contributed by atoms with Crippen molar-refractivity contribution in [2.75, 3.05) is 6.54 Å². The maximum atomic E-state index is 12.8. The predicted octanol–water partition coefficient (Wildman–Crippen LogP) is 1.86. The number of benzene rings is 1. The Kier molecular flexibility index (Phi) is 5.58. The van der Waals surface area contributed by atoms with Gasteiger partial charge in [0, 0.05) is 12.7 Å². The van der Waals surface area contributed by atoms with Crippen molar-refractivity contribution >= 4 is 5.91 Å². The normalized spacial score (nSPS) is 12.7. The molecule has 1 unspecified atom stereocenters. The second-order valence-electron chi connectivity index (χ2n) is 5.22. The summed E-state index contributed by atoms with van der Waals surface area (Å²) in [5.74, 6) is -1.23. The molecule has 1 aromatic carbocycles. The van der Waals surface area contributed by atoms with Gasteiger partial charge in [-0.2, -0.15) is 13.2 Å². The summed E-state index contributed by atoms with van der Waals surface area (Å²) in [5, 5.41) is 12.2. The second kappa shape index (κ2) is 7.47. The number of pyridine rings is 1. The van der Waals surface area contributed by atoms with E-state index in [4.69, 9.17) is 0 Å². The van der Waals surface area contributed by atoms with Gasteiger partial charge in [0.1, 0.15) is 17.9 Å². The van der Waals surface area contributed by atoms with Crippen LogP contribution in [0.2, 0.25) is 0 Å². The summed E-state index contributed by atoms with van der Waals surface area (Å²) < 4.78 is 51.4. The molecule has 25 heavy (non-hydrogen) atoms. The number of carbonyl (C=O) groups excluding carboxylic acids is 1. The highest BCUT2D eigenvalue weighted by Crippen LogP contribution is 2.25. The largest absolute Gasteiger partial charge is 0.421 e. The summed E-state index contributed by atoms with van der Waals surface area (Å²) in [6.07, 6.45) is -4.87. The quantitative estimate of drug-likeness (QED) is 0.802. The van der Waals surface area contributed by atoms with Crippen LogP contribution in [0.15, 0.2) is 47.4 Å². The smallest absolute Gasteiger partial charge is 0.387 e. The minimum Gasteiger partial charge on any atom is -0.387 e. The van der Waals surface area contributed by atoms with Crippen LogP contribution in [-0.4, -0.2) is 22.1 Å². The third-order valence-electron chi connectivity index (χ3n) is 3.39. The Morgan fingerprint density at radius 2 is 1.84 bits per heavy atom. The zero-order chi connectivity index (χ0) is 18.6. The minimum absolute atomic E-state index is 0.238. The van der Waals surface area contributed by atoms with E-state index in [1.165, 1.54) is 12.1 Å². The lowest BCUT2D eigenvalue weighted by atomic mass is 10.1. The second-order valence-corrected chi connectivity index (χ2v) is 5.22. The molecule has 1 amide bonds. The lowest BCUT2D eigenvalue weighted by molar-refractivity contribution is -0.139. The van der Waals surface area contributed by atoms with Gasteiger partial charge in [0.15, 0.2) is 0 Å². The highest BCUT2D eigenvalue weighted by molar-refractivity contribution is 5.75. The van der Waals surface area contributed by atoms with Crippen molar-refractivity contribution in [1.82, 2.24) is 9.88 Å². The van der Waals surface area contributed by atoms with Gasteiger partial charge in [0.05, 0.1) is 6.10 Å². The van der Waals surface area contributed by atoms with Crippen molar-refractivity contribution in [1.29, 1.82) is 0 Å². The van der Waals surface area contributed by atoms with E-state index in [1.807, 2.05) is 0 Å². The molecule has 1 atom stereocenters. The standard InChI is InChI=1S/C16H14F4N2O3/c17-11-5-3-10(4-6-11)13(23)8-21-14(24)9-22-7-1-2-12(15(22)25)16(18,19)20/h1-7,13,23H,8-9H2,(H,21,24). The molecule has 9 heteroatoms. The average Bonchev–Trinajstić information content (AvgIpc) is 2.54. The van der Waals surface area contributed by atoms with Gasteiger partial charge >= 0.3 is 6.18 Å². The number of nitrogens with one attached hydrogen (secondary N) is 1. The SMILES string of the molecule is O=C(Cn1cccc(C(F)(F)F)c1=O)NCC(O)c1ccc(F)cc1. The molecule has 134 valence electrons. The van der Waals surface area contributed by atoms with E-state index >= 15 is 0 Å². The summed E-state index contributed by atoms with van der Waals surface area (Å²) in [4.78, 5) is 23.5. The number of carbonyl (C=O) groups is 1. The number of aromatic nitrogens is 1. The van der Waals surface area contributed by atoms with Crippen LogP contribution in [0.5, 0.6) is 0 Å². The molecule has 1 aromatic heterocycles. The van der Waals surface area contributed by atoms with Crippen LogP contribution in [0.1, 0.15) is 17.2 Å². The number of nitrogens with zero attached hydrogens (tertiary/aromatic N) is 1. The molecule has 0 saturated heterocycles. The molecule has 2 N–H and O–H groups in total. The zero-order valence-corrected chi connectivity index (χ0v) is 12.8. The van der Waals surface area contributed by atoms with Gasteiger partial charge in [-0.3, -0.25) is 9.59 Å². The number of rotatable bonds is 5. The summed E-state index contributed by atoms with van der Waals surface area (Å²) >= 11 is 0. The monoisotopic (exact) mass is 358 g/mol. The van der Waals surface area contributed by atoms with Gasteiger partial charge in [-0.05, 0) is 29.8 Å². The average molecular weight is 358 g/mol. The molecule has 5 nitrogen and oxygen atoms in total. The van der Waals surface area contributed by atoms with Gasteiger partial charge in [-0.15, -0.1) is 0 Å². The Hall–Kier alpha value is -2.68. The van der Waals surface area contributed by atoms with Gasteiger partial charge in [0.2, 0.25) is 5.91 Å². The highest BCUT2D eigenvalue weighted by Gasteiger charge is 2.34. The molecule has 0 aliphatic heterocycles. The first-order chi connectivity index (χ1) is 11.7. The van der Waals surface area contributed by atoms with Crippen molar-refractivity contribution in [2.24, 2.45) is 0 Å². The Morgan fingerprint density at radius 1 is 1.20 bits per heavy atom. The van der Waals surface area contributed by atoms with Crippen molar-refractivity contribution in [3.8, 4) is 0 Å². The molecule has 1 heterocycles. The molecule has 0 spiro atoms. The zero-order valence-electron chi connectivity index (χ0n) is 12.8. The van der Waals surface area contributed by atoms with Gasteiger partial charge in [0.25, 0.3) is 5.56 Å². The van der Waals surface area contributed by atoms with Crippen LogP contribution >= 0.6 is 0 Å². The van der Waals surface area contributed by atoms with Gasteiger partial charge in [-0.25, -0.2) is 4.39 Å². The van der Waals surface area contributed by atoms with Crippen LogP contribution in [0.4, 0.5) is 17.6 Å². The molecule has 0 radical (unpaired) electrons. The maximum Gasteiger partial charge on any atom is 0.421 e. The van der Waals surface area contributed by atoms with E-state index in [9.17, 15) is 32.3 Å². The lowest BCUT2D eigenvalue weighted by Crippen LogP contribution is -2.36. The molecule has 0 saturated carbocycles. The van der Waals surface area contributed by atoms with E-state index in [2.05, 4.69) is 5.32 Å². The number of hydrogen-bond donors (Lipinski definition) is 2. The minimum atomic E-state index is -4.81. The van der Waals surface area contributed by atoms with Gasteiger partial charge < -0.3 is 15.0 Å². The summed E-state index contributed by atoms with van der Waals surface area (Å²) in [6, 6.07) is 6.61. The van der Waals surface area contributed by atoms with Crippen LogP contribution < -0.4 is 10.9 Å². The predicted molar refractivity (Wildman–Crippen MR) is 80.1 cm³/mol. The Labute approximate surface area is 139 Å². The fraction of sp³-hybridized carbons (Fsp3) is 0.250. The molecule has 0 aliphatic carbocycles. The third-order valence-corrected chi connectivity index (χ3v) is 3.39. The highest BCUT2D eigenvalue weighted by atomic mass is 19.4. The van der Waals surface area contributed by atoms with E-state index in [1.54, 1.807) is 0 Å². The summed E-state index contributed by atoms with van der Waals surface area (Å²) in [5.41, 5.74) is -2.34. The fourth-order valence-corrected chi connectivity index (χ4v) is 2.10. The van der Waals surface area contributed by atoms with E-state index in [0.717, 1.165) is 24.4 Å². The van der Waals surface area contributed by atoms with Crippen LogP contribution in [0.3, 0.4) is 0 Å². The van der Waals surface area contributed by atoms with Crippen LogP contribution in [0, 0.1) is 5.82 Å².